The van der Waals surface area contributed by atoms with Crippen LogP contribution in [-0.2, 0) is 16.1 Å². The van der Waals surface area contributed by atoms with Crippen molar-refractivity contribution in [2.75, 3.05) is 25.2 Å². The zero-order valence-corrected chi connectivity index (χ0v) is 17.4. The summed E-state index contributed by atoms with van der Waals surface area (Å²) >= 11 is 0. The Hall–Kier alpha value is -3.81. The first-order valence-electron chi connectivity index (χ1n) is 10.1. The molecule has 2 aromatic carbocycles. The number of methoxy groups -OCH3 is 1. The van der Waals surface area contributed by atoms with Gasteiger partial charge in [0.15, 0.2) is 6.04 Å². The largest absolute Gasteiger partial charge is 0.497 e. The highest BCUT2D eigenvalue weighted by Crippen LogP contribution is 2.29. The number of amides is 2. The van der Waals surface area contributed by atoms with Crippen molar-refractivity contribution < 1.29 is 19.1 Å². The summed E-state index contributed by atoms with van der Waals surface area (Å²) in [6.45, 7) is 2.63. The third-order valence-electron chi connectivity index (χ3n) is 5.22. The van der Waals surface area contributed by atoms with Crippen molar-refractivity contribution >= 4 is 17.7 Å². The Morgan fingerprint density at radius 1 is 1.19 bits per heavy atom. The molecule has 8 nitrogen and oxygen atoms in total. The summed E-state index contributed by atoms with van der Waals surface area (Å²) < 4.78 is 10.5. The number of anilines is 1. The number of hydrogen-bond acceptors (Lipinski definition) is 5. The van der Waals surface area contributed by atoms with Gasteiger partial charge in [-0.15, -0.1) is 0 Å². The molecule has 160 valence electrons. The van der Waals surface area contributed by atoms with E-state index >= 15 is 0 Å². The smallest absolute Gasteiger partial charge is 0.331 e. The van der Waals surface area contributed by atoms with Gasteiger partial charge in [-0.3, -0.25) is 10.00 Å². The van der Waals surface area contributed by atoms with Crippen LogP contribution in [0.25, 0.3) is 11.1 Å². The molecule has 1 unspecified atom stereocenters. The van der Waals surface area contributed by atoms with Crippen LogP contribution in [0.1, 0.15) is 12.5 Å². The SMILES string of the molecule is CCOC(=O)C1CN(Cc2cccc(OC)c2)C(=O)N1c1ccc(-c2cn[nH]c2)cc1. The van der Waals surface area contributed by atoms with Gasteiger partial charge < -0.3 is 14.4 Å². The highest BCUT2D eigenvalue weighted by atomic mass is 16.5. The van der Waals surface area contributed by atoms with Crippen LogP contribution in [0, 0.1) is 0 Å². The number of esters is 1. The van der Waals surface area contributed by atoms with Crippen LogP contribution in [-0.4, -0.2) is 53.4 Å². The first-order chi connectivity index (χ1) is 15.1. The number of nitrogens with zero attached hydrogens (tertiary/aromatic N) is 3. The molecule has 2 amide bonds. The van der Waals surface area contributed by atoms with E-state index in [0.29, 0.717) is 12.2 Å². The Morgan fingerprint density at radius 2 is 2.00 bits per heavy atom. The summed E-state index contributed by atoms with van der Waals surface area (Å²) in [7, 11) is 1.60. The molecule has 0 spiro atoms. The number of aromatic amines is 1. The summed E-state index contributed by atoms with van der Waals surface area (Å²) in [5.41, 5.74) is 3.47. The van der Waals surface area contributed by atoms with Crippen LogP contribution in [0.3, 0.4) is 0 Å². The Labute approximate surface area is 180 Å². The van der Waals surface area contributed by atoms with Crippen molar-refractivity contribution in [1.82, 2.24) is 15.1 Å². The number of H-pyrrole nitrogens is 1. The fourth-order valence-corrected chi connectivity index (χ4v) is 3.71. The number of benzene rings is 2. The van der Waals surface area contributed by atoms with Gasteiger partial charge in [0.05, 0.1) is 26.5 Å². The predicted octanol–water partition coefficient (Wildman–Crippen LogP) is 3.46. The van der Waals surface area contributed by atoms with Crippen LogP contribution in [0.4, 0.5) is 10.5 Å². The van der Waals surface area contributed by atoms with Crippen molar-refractivity contribution in [3.05, 3.63) is 66.5 Å². The van der Waals surface area contributed by atoms with E-state index in [1.165, 1.54) is 4.90 Å². The summed E-state index contributed by atoms with van der Waals surface area (Å²) in [5, 5.41) is 6.75. The Morgan fingerprint density at radius 3 is 2.68 bits per heavy atom. The molecule has 1 aliphatic rings. The van der Waals surface area contributed by atoms with Gasteiger partial charge in [0.25, 0.3) is 0 Å². The molecule has 1 saturated heterocycles. The maximum Gasteiger partial charge on any atom is 0.331 e. The van der Waals surface area contributed by atoms with Gasteiger partial charge in [-0.05, 0) is 42.3 Å². The number of rotatable bonds is 7. The van der Waals surface area contributed by atoms with Gasteiger partial charge >= 0.3 is 12.0 Å². The minimum atomic E-state index is -0.710. The first-order valence-corrected chi connectivity index (χ1v) is 10.1. The van der Waals surface area contributed by atoms with Crippen LogP contribution in [0.15, 0.2) is 60.9 Å². The highest BCUT2D eigenvalue weighted by Gasteiger charge is 2.43. The van der Waals surface area contributed by atoms with E-state index in [-0.39, 0.29) is 19.2 Å². The second-order valence-corrected chi connectivity index (χ2v) is 7.19. The molecule has 0 aliphatic carbocycles. The van der Waals surface area contributed by atoms with Crippen molar-refractivity contribution in [3.63, 3.8) is 0 Å². The van der Waals surface area contributed by atoms with Crippen molar-refractivity contribution in [2.24, 2.45) is 0 Å². The van der Waals surface area contributed by atoms with Crippen molar-refractivity contribution in [1.29, 1.82) is 0 Å². The lowest BCUT2D eigenvalue weighted by atomic mass is 10.1. The molecule has 0 bridgehead atoms. The molecule has 1 fully saturated rings. The summed E-state index contributed by atoms with van der Waals surface area (Å²) in [4.78, 5) is 29.1. The maximum absolute atomic E-state index is 13.3. The normalized spacial score (nSPS) is 15.9. The molecule has 0 saturated carbocycles. The Bertz CT molecular complexity index is 1050. The van der Waals surface area contributed by atoms with E-state index < -0.39 is 12.0 Å². The second-order valence-electron chi connectivity index (χ2n) is 7.19. The molecule has 0 radical (unpaired) electrons. The molecule has 1 N–H and O–H groups in total. The number of carbonyl (C=O) groups is 2. The van der Waals surface area contributed by atoms with Gasteiger partial charge in [-0.25, -0.2) is 9.59 Å². The molecular weight excluding hydrogens is 396 g/mol. The first kappa shape index (κ1) is 20.5. The molecule has 8 heteroatoms. The lowest BCUT2D eigenvalue weighted by molar-refractivity contribution is -0.144. The van der Waals surface area contributed by atoms with Gasteiger partial charge in [0, 0.05) is 24.0 Å². The second kappa shape index (κ2) is 8.91. The average Bonchev–Trinajstić information content (AvgIpc) is 3.43. The topological polar surface area (TPSA) is 87.8 Å². The monoisotopic (exact) mass is 420 g/mol. The number of nitrogens with one attached hydrogen (secondary N) is 1. The molecular formula is C23H24N4O4. The van der Waals surface area contributed by atoms with E-state index in [4.69, 9.17) is 9.47 Å². The van der Waals surface area contributed by atoms with E-state index in [2.05, 4.69) is 10.2 Å². The van der Waals surface area contributed by atoms with Gasteiger partial charge in [0.2, 0.25) is 0 Å². The predicted molar refractivity (Wildman–Crippen MR) is 116 cm³/mol. The number of carbonyl (C=O) groups excluding carboxylic acids is 2. The average molecular weight is 420 g/mol. The molecule has 31 heavy (non-hydrogen) atoms. The van der Waals surface area contributed by atoms with Crippen molar-refractivity contribution in [2.45, 2.75) is 19.5 Å². The zero-order chi connectivity index (χ0) is 21.8. The minimum Gasteiger partial charge on any atom is -0.497 e. The van der Waals surface area contributed by atoms with Gasteiger partial charge in [-0.1, -0.05) is 24.3 Å². The molecule has 4 rings (SSSR count). The van der Waals surface area contributed by atoms with Gasteiger partial charge in [-0.2, -0.15) is 5.10 Å². The van der Waals surface area contributed by atoms with Crippen molar-refractivity contribution in [3.8, 4) is 16.9 Å². The number of hydrogen-bond donors (Lipinski definition) is 1. The number of aromatic nitrogens is 2. The van der Waals surface area contributed by atoms with Crippen LogP contribution in [0.5, 0.6) is 5.75 Å². The summed E-state index contributed by atoms with van der Waals surface area (Å²) in [5.74, 6) is 0.306. The minimum absolute atomic E-state index is 0.239. The standard InChI is InChI=1S/C23H24N4O4/c1-3-31-22(28)21-15-26(14-16-5-4-6-20(11-16)30-2)23(29)27(21)19-9-7-17(8-10-19)18-12-24-25-13-18/h4-13,21H,3,14-15H2,1-2H3,(H,24,25). The van der Waals surface area contributed by atoms with E-state index in [9.17, 15) is 9.59 Å². The lowest BCUT2D eigenvalue weighted by Gasteiger charge is -2.22. The van der Waals surface area contributed by atoms with E-state index in [1.54, 1.807) is 31.3 Å². The van der Waals surface area contributed by atoms with Crippen LogP contribution < -0.4 is 9.64 Å². The van der Waals surface area contributed by atoms with E-state index in [0.717, 1.165) is 22.4 Å². The zero-order valence-electron chi connectivity index (χ0n) is 17.4. The van der Waals surface area contributed by atoms with E-state index in [1.807, 2.05) is 48.5 Å². The number of urea groups is 1. The molecule has 1 atom stereocenters. The summed E-state index contributed by atoms with van der Waals surface area (Å²) in [6, 6.07) is 14.1. The molecule has 1 aromatic heterocycles. The highest BCUT2D eigenvalue weighted by molar-refractivity contribution is 6.02. The fraction of sp³-hybridized carbons (Fsp3) is 0.261. The molecule has 3 aromatic rings. The number of ether oxygens (including phenoxy) is 2. The third kappa shape index (κ3) is 4.23. The quantitative estimate of drug-likeness (QED) is 0.592. The van der Waals surface area contributed by atoms with Crippen LogP contribution >= 0.6 is 0 Å². The Kier molecular flexibility index (Phi) is 5.88. The molecule has 2 heterocycles. The third-order valence-corrected chi connectivity index (χ3v) is 5.22. The molecule has 1 aliphatic heterocycles. The summed E-state index contributed by atoms with van der Waals surface area (Å²) in [6.07, 6.45) is 3.53. The van der Waals surface area contributed by atoms with Gasteiger partial charge in [0.1, 0.15) is 5.75 Å². The van der Waals surface area contributed by atoms with Crippen LogP contribution in [0.2, 0.25) is 0 Å². The lowest BCUT2D eigenvalue weighted by Crippen LogP contribution is -2.40. The maximum atomic E-state index is 13.3. The Balaban J connectivity index is 1.60. The fourth-order valence-electron chi connectivity index (χ4n) is 3.71.